The normalized spacial score (nSPS) is 23.2. The molecule has 3 atom stereocenters. The van der Waals surface area contributed by atoms with Gasteiger partial charge in [-0.05, 0) is 104 Å². The Bertz CT molecular complexity index is 1510. The summed E-state index contributed by atoms with van der Waals surface area (Å²) in [6, 6.07) is 5.54. The van der Waals surface area contributed by atoms with Gasteiger partial charge in [0.25, 0.3) is 0 Å². The number of benzene rings is 2. The number of esters is 1. The first-order valence-electron chi connectivity index (χ1n) is 15.5. The van der Waals surface area contributed by atoms with Crippen molar-refractivity contribution >= 4 is 17.6 Å². The third-order valence-corrected chi connectivity index (χ3v) is 9.18. The van der Waals surface area contributed by atoms with E-state index in [0.29, 0.717) is 37.1 Å². The second kappa shape index (κ2) is 13.0. The number of carbonyl (C=O) groups excluding carboxylic acids is 2. The molecule has 2 aromatic carbocycles. The van der Waals surface area contributed by atoms with Gasteiger partial charge in [-0.2, -0.15) is 26.3 Å². The fourth-order valence-corrected chi connectivity index (χ4v) is 6.62. The highest BCUT2D eigenvalue weighted by molar-refractivity contribution is 5.78. The quantitative estimate of drug-likeness (QED) is 0.227. The highest BCUT2D eigenvalue weighted by Crippen LogP contribution is 2.46. The topological polar surface area (TPSA) is 77.1 Å². The zero-order valence-corrected chi connectivity index (χ0v) is 26.6. The Morgan fingerprint density at radius 3 is 2.34 bits per heavy atom. The molecule has 2 aromatic rings. The van der Waals surface area contributed by atoms with Crippen LogP contribution in [0.1, 0.15) is 86.8 Å². The van der Waals surface area contributed by atoms with E-state index in [1.54, 1.807) is 19.1 Å². The van der Waals surface area contributed by atoms with E-state index < -0.39 is 41.7 Å². The molecule has 47 heavy (non-hydrogen) atoms. The van der Waals surface area contributed by atoms with Crippen LogP contribution in [0.4, 0.5) is 31.1 Å². The summed E-state index contributed by atoms with van der Waals surface area (Å²) in [5.74, 6) is 0.252. The molecule has 0 aromatic heterocycles. The number of cyclic esters (lactones) is 1. The van der Waals surface area contributed by atoms with Crippen molar-refractivity contribution in [1.29, 1.82) is 0 Å². The molecule has 0 spiro atoms. The fraction of sp³-hybridized carbons (Fsp3) is 0.529. The molecular formula is C34H38F6N2O5. The number of hydrogen-bond donors (Lipinski definition) is 1. The van der Waals surface area contributed by atoms with Gasteiger partial charge in [0.2, 0.25) is 0 Å². The van der Waals surface area contributed by atoms with Gasteiger partial charge >= 0.3 is 24.4 Å². The first kappa shape index (κ1) is 34.6. The van der Waals surface area contributed by atoms with Crippen LogP contribution in [-0.2, 0) is 33.2 Å². The molecular weight excluding hydrogens is 630 g/mol. The van der Waals surface area contributed by atoms with Gasteiger partial charge in [0.05, 0.1) is 24.3 Å². The predicted octanol–water partition coefficient (Wildman–Crippen LogP) is 8.07. The van der Waals surface area contributed by atoms with Gasteiger partial charge in [0, 0.05) is 12.1 Å². The van der Waals surface area contributed by atoms with Crippen LogP contribution in [0.25, 0.3) is 5.57 Å². The number of halogens is 6. The molecule has 0 radical (unpaired) electrons. The molecule has 1 amide bonds. The monoisotopic (exact) mass is 668 g/mol. The van der Waals surface area contributed by atoms with Gasteiger partial charge in [-0.3, -0.25) is 9.69 Å². The summed E-state index contributed by atoms with van der Waals surface area (Å²) < 4.78 is 98.2. The average Bonchev–Trinajstić information content (AvgIpc) is 3.63. The van der Waals surface area contributed by atoms with Crippen LogP contribution >= 0.6 is 0 Å². The molecule has 2 fully saturated rings. The lowest BCUT2D eigenvalue weighted by Gasteiger charge is -2.36. The molecule has 2 heterocycles. The molecule has 3 aliphatic rings. The largest absolute Gasteiger partial charge is 0.496 e. The summed E-state index contributed by atoms with van der Waals surface area (Å²) in [5, 5.41) is 3.12. The summed E-state index contributed by atoms with van der Waals surface area (Å²) in [5.41, 5.74) is -0.201. The Morgan fingerprint density at radius 2 is 1.74 bits per heavy atom. The van der Waals surface area contributed by atoms with E-state index >= 15 is 0 Å². The smallest absolute Gasteiger partial charge is 0.416 e. The number of rotatable bonds is 8. The Labute approximate surface area is 269 Å². The van der Waals surface area contributed by atoms with E-state index in [1.165, 1.54) is 12.0 Å². The highest BCUT2D eigenvalue weighted by Gasteiger charge is 2.44. The second-order valence-electron chi connectivity index (χ2n) is 13.2. The summed E-state index contributed by atoms with van der Waals surface area (Å²) in [7, 11) is 1.53. The molecule has 2 aliphatic heterocycles. The zero-order valence-electron chi connectivity index (χ0n) is 26.6. The third kappa shape index (κ3) is 7.71. The maximum atomic E-state index is 13.6. The zero-order chi connectivity index (χ0) is 34.3. The van der Waals surface area contributed by atoms with Gasteiger partial charge < -0.3 is 19.5 Å². The highest BCUT2D eigenvalue weighted by atomic mass is 19.4. The standard InChI is InChI=1S/C34H38F6N2O5/c1-19-29(21-13-23(33(35,36)37)15-24(14-21)34(38,39)40)47-31(44)42(19)17-22-16-32(2,3)10-9-25(22)26-12-20(7-8-28(26)45-4)18-46-30(43)27-6-5-11-41-27/h7-8,12-15,19,27,29,41H,5-6,9-11,16-18H2,1-4H3/t19-,27?,29-/m0/s1. The van der Waals surface area contributed by atoms with Crippen molar-refractivity contribution in [3.63, 3.8) is 0 Å². The number of alkyl halides is 6. The van der Waals surface area contributed by atoms with Gasteiger partial charge in [0.1, 0.15) is 24.5 Å². The summed E-state index contributed by atoms with van der Waals surface area (Å²) in [6.07, 6.45) is -8.63. The van der Waals surface area contributed by atoms with Crippen LogP contribution in [0.3, 0.4) is 0 Å². The van der Waals surface area contributed by atoms with Crippen LogP contribution in [-0.4, -0.2) is 49.2 Å². The lowest BCUT2D eigenvalue weighted by atomic mass is 9.72. The minimum atomic E-state index is -5.03. The Morgan fingerprint density at radius 1 is 1.06 bits per heavy atom. The summed E-state index contributed by atoms with van der Waals surface area (Å²) in [6.45, 7) is 6.59. The van der Waals surface area contributed by atoms with Crippen molar-refractivity contribution in [2.45, 2.75) is 90.0 Å². The summed E-state index contributed by atoms with van der Waals surface area (Å²) >= 11 is 0. The number of carbonyl (C=O) groups is 2. The molecule has 2 saturated heterocycles. The minimum Gasteiger partial charge on any atom is -0.496 e. The van der Waals surface area contributed by atoms with Gasteiger partial charge in [-0.15, -0.1) is 0 Å². The number of hydrogen-bond acceptors (Lipinski definition) is 6. The van der Waals surface area contributed by atoms with Crippen molar-refractivity contribution in [3.05, 3.63) is 69.8 Å². The molecule has 256 valence electrons. The van der Waals surface area contributed by atoms with Crippen LogP contribution in [0.2, 0.25) is 0 Å². The molecule has 0 saturated carbocycles. The van der Waals surface area contributed by atoms with Crippen molar-refractivity contribution in [1.82, 2.24) is 10.2 Å². The van der Waals surface area contributed by atoms with E-state index in [0.717, 1.165) is 41.7 Å². The van der Waals surface area contributed by atoms with Crippen LogP contribution in [0, 0.1) is 5.41 Å². The molecule has 13 heteroatoms. The molecule has 1 aliphatic carbocycles. The first-order chi connectivity index (χ1) is 22.0. The van der Waals surface area contributed by atoms with Crippen molar-refractivity contribution in [2.75, 3.05) is 20.2 Å². The number of amides is 1. The minimum absolute atomic E-state index is 0.0517. The van der Waals surface area contributed by atoms with Crippen molar-refractivity contribution in [3.8, 4) is 5.75 Å². The predicted molar refractivity (Wildman–Crippen MR) is 160 cm³/mol. The Balaban J connectivity index is 1.46. The number of allylic oxidation sites excluding steroid dienone is 1. The Hall–Kier alpha value is -3.74. The fourth-order valence-electron chi connectivity index (χ4n) is 6.62. The second-order valence-corrected chi connectivity index (χ2v) is 13.2. The Kier molecular flexibility index (Phi) is 9.60. The van der Waals surface area contributed by atoms with Crippen LogP contribution < -0.4 is 10.1 Å². The van der Waals surface area contributed by atoms with Crippen molar-refractivity contribution < 1.29 is 50.1 Å². The number of ether oxygens (including phenoxy) is 3. The molecule has 5 rings (SSSR count). The van der Waals surface area contributed by atoms with E-state index in [9.17, 15) is 35.9 Å². The van der Waals surface area contributed by atoms with Crippen LogP contribution in [0.5, 0.6) is 5.75 Å². The lowest BCUT2D eigenvalue weighted by molar-refractivity contribution is -0.147. The summed E-state index contributed by atoms with van der Waals surface area (Å²) in [4.78, 5) is 27.0. The average molecular weight is 669 g/mol. The SMILES string of the molecule is COc1ccc(COC(=O)C2CCCN2)cc1C1=C(CN2C(=O)O[C@H](c3cc(C(F)(F)F)cc(C(F)(F)F)c3)[C@@H]2C)CC(C)(C)CC1. The van der Waals surface area contributed by atoms with Gasteiger partial charge in [0.15, 0.2) is 0 Å². The van der Waals surface area contributed by atoms with Crippen molar-refractivity contribution in [2.24, 2.45) is 5.41 Å². The van der Waals surface area contributed by atoms with E-state index in [1.807, 2.05) is 6.07 Å². The number of methoxy groups -OCH3 is 1. The van der Waals surface area contributed by atoms with E-state index in [2.05, 4.69) is 19.2 Å². The maximum Gasteiger partial charge on any atom is 0.416 e. The lowest BCUT2D eigenvalue weighted by Crippen LogP contribution is -2.35. The first-order valence-corrected chi connectivity index (χ1v) is 15.5. The van der Waals surface area contributed by atoms with Gasteiger partial charge in [-0.1, -0.05) is 19.9 Å². The van der Waals surface area contributed by atoms with E-state index in [4.69, 9.17) is 14.2 Å². The molecule has 0 bridgehead atoms. The van der Waals surface area contributed by atoms with E-state index in [-0.39, 0.29) is 42.2 Å². The molecule has 1 unspecified atom stereocenters. The number of nitrogens with zero attached hydrogens (tertiary/aromatic N) is 1. The molecule has 1 N–H and O–H groups in total. The maximum absolute atomic E-state index is 13.6. The van der Waals surface area contributed by atoms with Crippen LogP contribution in [0.15, 0.2) is 42.0 Å². The molecule has 7 nitrogen and oxygen atoms in total. The number of nitrogens with one attached hydrogen (secondary N) is 1. The third-order valence-electron chi connectivity index (χ3n) is 9.18. The van der Waals surface area contributed by atoms with Gasteiger partial charge in [-0.25, -0.2) is 4.79 Å².